The van der Waals surface area contributed by atoms with Crippen LogP contribution in [0.3, 0.4) is 0 Å². The third-order valence-electron chi connectivity index (χ3n) is 4.67. The van der Waals surface area contributed by atoms with E-state index in [4.69, 9.17) is 9.47 Å². The van der Waals surface area contributed by atoms with Crippen molar-refractivity contribution in [3.05, 3.63) is 89.0 Å². The zero-order valence-electron chi connectivity index (χ0n) is 18.8. The number of hydrazine groups is 1. The van der Waals surface area contributed by atoms with Gasteiger partial charge in [0.05, 0.1) is 7.11 Å². The van der Waals surface area contributed by atoms with Crippen LogP contribution in [0.15, 0.2) is 66.7 Å². The number of amides is 3. The molecule has 0 aliphatic carbocycles. The zero-order valence-corrected chi connectivity index (χ0v) is 18.8. The molecule has 0 saturated carbocycles. The average molecular weight is 461 g/mol. The summed E-state index contributed by atoms with van der Waals surface area (Å²) >= 11 is 0. The van der Waals surface area contributed by atoms with Gasteiger partial charge in [-0.25, -0.2) is 0 Å². The van der Waals surface area contributed by atoms with Gasteiger partial charge >= 0.3 is 5.97 Å². The number of methoxy groups -OCH3 is 1. The summed E-state index contributed by atoms with van der Waals surface area (Å²) in [5, 5.41) is 2.74. The van der Waals surface area contributed by atoms with Crippen LogP contribution in [0.4, 0.5) is 5.69 Å². The number of hydrogen-bond acceptors (Lipinski definition) is 6. The largest absolute Gasteiger partial charge is 0.493 e. The molecule has 0 heterocycles. The number of ether oxygens (including phenoxy) is 2. The van der Waals surface area contributed by atoms with Gasteiger partial charge in [-0.3, -0.25) is 30.0 Å². The summed E-state index contributed by atoms with van der Waals surface area (Å²) in [5.41, 5.74) is 6.99. The quantitative estimate of drug-likeness (QED) is 0.294. The van der Waals surface area contributed by atoms with E-state index in [-0.39, 0.29) is 28.5 Å². The van der Waals surface area contributed by atoms with Crippen LogP contribution < -0.4 is 25.6 Å². The van der Waals surface area contributed by atoms with Gasteiger partial charge in [-0.2, -0.15) is 0 Å². The van der Waals surface area contributed by atoms with Gasteiger partial charge in [-0.1, -0.05) is 23.8 Å². The Morgan fingerprint density at radius 1 is 0.706 bits per heavy atom. The number of rotatable bonds is 6. The maximum atomic E-state index is 12.5. The number of carbonyl (C=O) groups excluding carboxylic acids is 4. The average Bonchev–Trinajstić information content (AvgIpc) is 2.82. The Bertz CT molecular complexity index is 1240. The first-order valence-corrected chi connectivity index (χ1v) is 10.2. The number of aryl methyl sites for hydroxylation is 1. The van der Waals surface area contributed by atoms with E-state index in [0.717, 1.165) is 5.56 Å². The summed E-state index contributed by atoms with van der Waals surface area (Å²) in [6.07, 6.45) is 0. The molecule has 9 heteroatoms. The van der Waals surface area contributed by atoms with E-state index < -0.39 is 17.8 Å². The number of esters is 1. The number of benzene rings is 3. The van der Waals surface area contributed by atoms with Crippen LogP contribution in [0.2, 0.25) is 0 Å². The lowest BCUT2D eigenvalue weighted by Crippen LogP contribution is -2.41. The van der Waals surface area contributed by atoms with E-state index in [1.807, 2.05) is 19.1 Å². The van der Waals surface area contributed by atoms with E-state index in [0.29, 0.717) is 11.3 Å². The van der Waals surface area contributed by atoms with E-state index in [2.05, 4.69) is 16.2 Å². The van der Waals surface area contributed by atoms with E-state index in [1.165, 1.54) is 38.3 Å². The molecule has 34 heavy (non-hydrogen) atoms. The highest BCUT2D eigenvalue weighted by Gasteiger charge is 2.14. The van der Waals surface area contributed by atoms with Gasteiger partial charge in [0.15, 0.2) is 11.5 Å². The molecule has 0 aliphatic rings. The molecule has 9 nitrogen and oxygen atoms in total. The second-order valence-electron chi connectivity index (χ2n) is 7.27. The Hall–Kier alpha value is -4.66. The Morgan fingerprint density at radius 2 is 1.32 bits per heavy atom. The molecule has 0 fully saturated rings. The first-order chi connectivity index (χ1) is 16.3. The Labute approximate surface area is 196 Å². The topological polar surface area (TPSA) is 123 Å². The van der Waals surface area contributed by atoms with Gasteiger partial charge in [0.25, 0.3) is 17.7 Å². The fourth-order valence-electron chi connectivity index (χ4n) is 2.95. The molecule has 0 unspecified atom stereocenters. The predicted octanol–water partition coefficient (Wildman–Crippen LogP) is 3.26. The maximum absolute atomic E-state index is 12.5. The van der Waals surface area contributed by atoms with Crippen LogP contribution in [-0.2, 0) is 4.79 Å². The van der Waals surface area contributed by atoms with Crippen molar-refractivity contribution in [2.45, 2.75) is 13.8 Å². The van der Waals surface area contributed by atoms with Crippen LogP contribution in [0.25, 0.3) is 0 Å². The molecule has 3 aromatic rings. The summed E-state index contributed by atoms with van der Waals surface area (Å²) < 4.78 is 10.1. The second kappa shape index (κ2) is 10.8. The van der Waals surface area contributed by atoms with E-state index in [9.17, 15) is 19.2 Å². The monoisotopic (exact) mass is 461 g/mol. The summed E-state index contributed by atoms with van der Waals surface area (Å²) in [6, 6.07) is 17.6. The minimum atomic E-state index is -0.607. The minimum absolute atomic E-state index is 0.167. The second-order valence-corrected chi connectivity index (χ2v) is 7.27. The first kappa shape index (κ1) is 24.0. The molecule has 174 valence electrons. The highest BCUT2D eigenvalue weighted by Crippen LogP contribution is 2.28. The molecule has 0 radical (unpaired) electrons. The van der Waals surface area contributed by atoms with Gasteiger partial charge in [0, 0.05) is 29.3 Å². The molecule has 3 aromatic carbocycles. The normalized spacial score (nSPS) is 10.1. The summed E-state index contributed by atoms with van der Waals surface area (Å²) in [5.74, 6) is -1.67. The van der Waals surface area contributed by atoms with Gasteiger partial charge in [-0.05, 0) is 55.5 Å². The van der Waals surface area contributed by atoms with Gasteiger partial charge in [0.2, 0.25) is 0 Å². The smallest absolute Gasteiger partial charge is 0.308 e. The van der Waals surface area contributed by atoms with Gasteiger partial charge < -0.3 is 14.8 Å². The minimum Gasteiger partial charge on any atom is -0.493 e. The lowest BCUT2D eigenvalue weighted by Gasteiger charge is -2.11. The number of anilines is 1. The molecular weight excluding hydrogens is 438 g/mol. The lowest BCUT2D eigenvalue weighted by atomic mass is 10.1. The van der Waals surface area contributed by atoms with Crippen LogP contribution in [0.5, 0.6) is 11.5 Å². The Kier molecular flexibility index (Phi) is 7.60. The summed E-state index contributed by atoms with van der Waals surface area (Å²) in [6.45, 7) is 3.18. The fraction of sp³-hybridized carbons (Fsp3) is 0.120. The number of hydrogen-bond donors (Lipinski definition) is 3. The molecule has 3 amide bonds. The van der Waals surface area contributed by atoms with Crippen LogP contribution in [0.1, 0.15) is 43.6 Å². The predicted molar refractivity (Wildman–Crippen MR) is 125 cm³/mol. The van der Waals surface area contributed by atoms with Crippen molar-refractivity contribution in [2.75, 3.05) is 12.4 Å². The highest BCUT2D eigenvalue weighted by atomic mass is 16.6. The van der Waals surface area contributed by atoms with Crippen molar-refractivity contribution >= 4 is 29.4 Å². The van der Waals surface area contributed by atoms with Crippen LogP contribution in [-0.4, -0.2) is 30.8 Å². The standard InChI is InChI=1S/C25H23N3O6/c1-15-7-9-17(10-8-15)23(30)26-20-6-4-5-18(13-20)24(31)27-28-25(32)19-11-12-21(34-16(2)29)22(14-19)33-3/h4-14H,1-3H3,(H,26,30)(H,27,31)(H,28,32). The third kappa shape index (κ3) is 6.19. The molecular formula is C25H23N3O6. The summed E-state index contributed by atoms with van der Waals surface area (Å²) in [4.78, 5) is 48.5. The molecule has 0 atom stereocenters. The molecule has 0 aliphatic heterocycles. The Balaban J connectivity index is 1.62. The van der Waals surface area contributed by atoms with Crippen LogP contribution in [0, 0.1) is 6.92 Å². The van der Waals surface area contributed by atoms with Crippen molar-refractivity contribution in [1.82, 2.24) is 10.9 Å². The van der Waals surface area contributed by atoms with Crippen molar-refractivity contribution < 1.29 is 28.7 Å². The molecule has 3 rings (SSSR count). The van der Waals surface area contributed by atoms with Crippen molar-refractivity contribution in [3.8, 4) is 11.5 Å². The summed E-state index contributed by atoms with van der Waals surface area (Å²) in [7, 11) is 1.37. The molecule has 0 bridgehead atoms. The zero-order chi connectivity index (χ0) is 24.7. The first-order valence-electron chi connectivity index (χ1n) is 10.2. The maximum Gasteiger partial charge on any atom is 0.308 e. The van der Waals surface area contributed by atoms with Crippen LogP contribution >= 0.6 is 0 Å². The Morgan fingerprint density at radius 3 is 1.94 bits per heavy atom. The van der Waals surface area contributed by atoms with E-state index >= 15 is 0 Å². The van der Waals surface area contributed by atoms with Crippen molar-refractivity contribution in [1.29, 1.82) is 0 Å². The van der Waals surface area contributed by atoms with Gasteiger partial charge in [0.1, 0.15) is 0 Å². The van der Waals surface area contributed by atoms with Crippen molar-refractivity contribution in [2.24, 2.45) is 0 Å². The van der Waals surface area contributed by atoms with Gasteiger partial charge in [-0.15, -0.1) is 0 Å². The third-order valence-corrected chi connectivity index (χ3v) is 4.67. The number of nitrogens with one attached hydrogen (secondary N) is 3. The highest BCUT2D eigenvalue weighted by molar-refractivity contribution is 6.05. The SMILES string of the molecule is COc1cc(C(=O)NNC(=O)c2cccc(NC(=O)c3ccc(C)cc3)c2)ccc1OC(C)=O. The number of carbonyl (C=O) groups is 4. The molecule has 0 aromatic heterocycles. The van der Waals surface area contributed by atoms with E-state index in [1.54, 1.807) is 30.3 Å². The fourth-order valence-corrected chi connectivity index (χ4v) is 2.95. The molecule has 0 saturated heterocycles. The van der Waals surface area contributed by atoms with Crippen molar-refractivity contribution in [3.63, 3.8) is 0 Å². The molecule has 3 N–H and O–H groups in total. The lowest BCUT2D eigenvalue weighted by molar-refractivity contribution is -0.132. The molecule has 0 spiro atoms.